The molecule has 2 aromatic carbocycles. The Balaban J connectivity index is 1.68. The second kappa shape index (κ2) is 8.96. The minimum absolute atomic E-state index is 0.280. The Hall–Kier alpha value is -3.03. The lowest BCUT2D eigenvalue weighted by Gasteiger charge is -2.21. The summed E-state index contributed by atoms with van der Waals surface area (Å²) in [6, 6.07) is 17.3. The van der Waals surface area contributed by atoms with Gasteiger partial charge in [0.25, 0.3) is 0 Å². The number of sulfonamides is 1. The fraction of sp³-hybridized carbons (Fsp3) is 0.333. The first-order chi connectivity index (χ1) is 16.0. The van der Waals surface area contributed by atoms with E-state index >= 15 is 0 Å². The Morgan fingerprint density at radius 1 is 0.971 bits per heavy atom. The summed E-state index contributed by atoms with van der Waals surface area (Å²) in [6.45, 7) is 12.4. The lowest BCUT2D eigenvalue weighted by atomic mass is 10.0. The third-order valence-corrected chi connectivity index (χ3v) is 7.52. The maximum Gasteiger partial charge on any atom is 0.241 e. The molecular formula is C27H32N4O2S. The molecule has 0 radical (unpaired) electrons. The first-order valence-corrected chi connectivity index (χ1v) is 13.0. The van der Waals surface area contributed by atoms with E-state index in [0.29, 0.717) is 12.1 Å². The molecule has 0 atom stereocenters. The van der Waals surface area contributed by atoms with E-state index < -0.39 is 15.6 Å². The molecule has 34 heavy (non-hydrogen) atoms. The number of benzene rings is 2. The lowest BCUT2D eigenvalue weighted by Crippen LogP contribution is -2.40. The number of imidazole rings is 1. The van der Waals surface area contributed by atoms with Gasteiger partial charge in [-0.1, -0.05) is 49.4 Å². The molecule has 178 valence electrons. The van der Waals surface area contributed by atoms with Crippen molar-refractivity contribution in [3.05, 3.63) is 77.2 Å². The highest BCUT2D eigenvalue weighted by molar-refractivity contribution is 7.89. The van der Waals surface area contributed by atoms with Crippen LogP contribution >= 0.6 is 0 Å². The molecule has 2 aliphatic rings. The van der Waals surface area contributed by atoms with Gasteiger partial charge in [-0.3, -0.25) is 0 Å². The number of rotatable bonds is 6. The molecule has 0 aliphatic carbocycles. The summed E-state index contributed by atoms with van der Waals surface area (Å²) in [5.41, 5.74) is 5.29. The van der Waals surface area contributed by atoms with Crippen molar-refractivity contribution in [2.45, 2.75) is 64.9 Å². The third kappa shape index (κ3) is 4.91. The van der Waals surface area contributed by atoms with E-state index in [0.717, 1.165) is 46.1 Å². The van der Waals surface area contributed by atoms with Gasteiger partial charge in [-0.2, -0.15) is 0 Å². The number of nitrogens with one attached hydrogen (secondary N) is 1. The largest absolute Gasteiger partial charge is 0.324 e. The van der Waals surface area contributed by atoms with Gasteiger partial charge < -0.3 is 4.57 Å². The van der Waals surface area contributed by atoms with Crippen molar-refractivity contribution in [1.29, 1.82) is 0 Å². The molecule has 2 heterocycles. The molecule has 4 rings (SSSR count). The Kier molecular flexibility index (Phi) is 6.36. The van der Waals surface area contributed by atoms with Crippen molar-refractivity contribution in [3.63, 3.8) is 0 Å². The number of hydrogen-bond acceptors (Lipinski definition) is 4. The Morgan fingerprint density at radius 3 is 2.29 bits per heavy atom. The van der Waals surface area contributed by atoms with Crippen molar-refractivity contribution in [3.8, 4) is 22.6 Å². The summed E-state index contributed by atoms with van der Waals surface area (Å²) in [7, 11) is -3.66. The summed E-state index contributed by atoms with van der Waals surface area (Å²) in [6.07, 6.45) is 0.800. The molecule has 0 aromatic heterocycles. The molecule has 0 spiro atoms. The maximum absolute atomic E-state index is 13.0. The predicted octanol–water partition coefficient (Wildman–Crippen LogP) is 5.35. The number of nitrogens with zero attached hydrogens (tertiary/aromatic N) is 3. The zero-order chi connectivity index (χ0) is 24.7. The molecule has 0 saturated carbocycles. The van der Waals surface area contributed by atoms with Gasteiger partial charge in [-0.25, -0.2) is 23.1 Å². The Bertz CT molecular complexity index is 1400. The Morgan fingerprint density at radius 2 is 1.65 bits per heavy atom. The molecule has 6 nitrogen and oxygen atoms in total. The van der Waals surface area contributed by atoms with E-state index in [2.05, 4.69) is 36.1 Å². The summed E-state index contributed by atoms with van der Waals surface area (Å²) in [4.78, 5) is 9.73. The first-order valence-electron chi connectivity index (χ1n) is 11.5. The summed E-state index contributed by atoms with van der Waals surface area (Å²) in [5, 5.41) is 0. The zero-order valence-electron chi connectivity index (χ0n) is 20.7. The second-order valence-corrected chi connectivity index (χ2v) is 11.4. The van der Waals surface area contributed by atoms with Crippen LogP contribution in [-0.2, 0) is 23.0 Å². The molecule has 0 bridgehead atoms. The Labute approximate surface area is 202 Å². The van der Waals surface area contributed by atoms with E-state index in [1.54, 1.807) is 12.1 Å². The molecule has 2 aliphatic heterocycles. The molecule has 1 N–H and O–H groups in total. The average molecular weight is 477 g/mol. The molecule has 7 heteroatoms. The number of aryl methyl sites for hydroxylation is 3. The van der Waals surface area contributed by atoms with Gasteiger partial charge in [0, 0.05) is 29.8 Å². The smallest absolute Gasteiger partial charge is 0.241 e. The third-order valence-electron chi connectivity index (χ3n) is 5.71. The average Bonchev–Trinajstić information content (AvgIpc) is 3.21. The van der Waals surface area contributed by atoms with Crippen LogP contribution in [0.15, 0.2) is 59.5 Å². The normalized spacial score (nSPS) is 12.4. The molecule has 2 aromatic rings. The van der Waals surface area contributed by atoms with Crippen LogP contribution in [0.3, 0.4) is 0 Å². The van der Waals surface area contributed by atoms with Crippen LogP contribution in [0.4, 0.5) is 0 Å². The van der Waals surface area contributed by atoms with Crippen LogP contribution in [-0.4, -0.2) is 28.5 Å². The molecule has 0 unspecified atom stereocenters. The van der Waals surface area contributed by atoms with Crippen LogP contribution in [0, 0.1) is 13.8 Å². The zero-order valence-corrected chi connectivity index (χ0v) is 21.5. The molecule has 0 saturated heterocycles. The minimum Gasteiger partial charge on any atom is -0.324 e. The quantitative estimate of drug-likeness (QED) is 0.407. The fourth-order valence-electron chi connectivity index (χ4n) is 4.19. The van der Waals surface area contributed by atoms with Crippen LogP contribution < -0.4 is 4.72 Å². The van der Waals surface area contributed by atoms with Crippen molar-refractivity contribution in [2.75, 3.05) is 0 Å². The van der Waals surface area contributed by atoms with E-state index in [1.165, 1.54) is 0 Å². The topological polar surface area (TPSA) is 76.9 Å². The minimum atomic E-state index is -3.66. The number of fused-ring (bicyclic) bond motifs is 1. The number of aromatic nitrogens is 3. The van der Waals surface area contributed by atoms with Crippen molar-refractivity contribution in [1.82, 2.24) is 19.3 Å². The first kappa shape index (κ1) is 24.1. The summed E-state index contributed by atoms with van der Waals surface area (Å²) >= 11 is 0. The highest BCUT2D eigenvalue weighted by Crippen LogP contribution is 2.30. The summed E-state index contributed by atoms with van der Waals surface area (Å²) in [5.74, 6) is 1.76. The SMILES string of the molecule is CCc1nc2c(C)cc(C)n(Cc3ccc(-c4ccccc4S(=O)(=O)NC(C)(C)C)cc3)c-2n1. The van der Waals surface area contributed by atoms with E-state index in [-0.39, 0.29) is 4.90 Å². The van der Waals surface area contributed by atoms with E-state index in [9.17, 15) is 8.42 Å². The highest BCUT2D eigenvalue weighted by atomic mass is 32.2. The van der Waals surface area contributed by atoms with Gasteiger partial charge in [0.2, 0.25) is 10.0 Å². The van der Waals surface area contributed by atoms with Gasteiger partial charge in [0.05, 0.1) is 4.90 Å². The molecule has 0 amide bonds. The van der Waals surface area contributed by atoms with Crippen molar-refractivity contribution in [2.24, 2.45) is 0 Å². The standard InChI is InChI=1S/C27H32N4O2S/c1-7-24-28-25-18(2)16-19(3)31(26(25)29-24)17-20-12-14-21(15-13-20)22-10-8-9-11-23(22)34(32,33)30-27(4,5)6/h8-16,30H,7,17H2,1-6H3. The highest BCUT2D eigenvalue weighted by Gasteiger charge is 2.25. The van der Waals surface area contributed by atoms with Crippen LogP contribution in [0.25, 0.3) is 22.6 Å². The van der Waals surface area contributed by atoms with Gasteiger partial charge in [-0.05, 0) is 63.4 Å². The number of pyridine rings is 1. The van der Waals surface area contributed by atoms with Gasteiger partial charge in [0.15, 0.2) is 5.82 Å². The van der Waals surface area contributed by atoms with Gasteiger partial charge in [0.1, 0.15) is 11.5 Å². The van der Waals surface area contributed by atoms with E-state index in [1.807, 2.05) is 57.2 Å². The lowest BCUT2D eigenvalue weighted by molar-refractivity contribution is 0.491. The summed E-state index contributed by atoms with van der Waals surface area (Å²) < 4.78 is 31.0. The van der Waals surface area contributed by atoms with Crippen LogP contribution in [0.5, 0.6) is 0 Å². The van der Waals surface area contributed by atoms with Crippen molar-refractivity contribution < 1.29 is 8.42 Å². The second-order valence-electron chi connectivity index (χ2n) is 9.77. The fourth-order valence-corrected chi connectivity index (χ4v) is 5.84. The maximum atomic E-state index is 13.0. The monoisotopic (exact) mass is 476 g/mol. The van der Waals surface area contributed by atoms with Crippen molar-refractivity contribution >= 4 is 10.0 Å². The van der Waals surface area contributed by atoms with Gasteiger partial charge in [-0.15, -0.1) is 0 Å². The molecular weight excluding hydrogens is 444 g/mol. The van der Waals surface area contributed by atoms with Gasteiger partial charge >= 0.3 is 0 Å². The number of hydrogen-bond donors (Lipinski definition) is 1. The van der Waals surface area contributed by atoms with Crippen LogP contribution in [0.2, 0.25) is 0 Å². The van der Waals surface area contributed by atoms with Crippen LogP contribution in [0.1, 0.15) is 50.3 Å². The molecule has 0 fully saturated rings. The predicted molar refractivity (Wildman–Crippen MR) is 137 cm³/mol. The van der Waals surface area contributed by atoms with E-state index in [4.69, 9.17) is 9.97 Å².